The van der Waals surface area contributed by atoms with Crippen LogP contribution in [0.2, 0.25) is 0 Å². The third-order valence-corrected chi connectivity index (χ3v) is 1.26. The first-order chi connectivity index (χ1) is 4.59. The van der Waals surface area contributed by atoms with Crippen molar-refractivity contribution >= 4 is 5.91 Å². The molecular weight excluding hydrogens is 126 g/mol. The van der Waals surface area contributed by atoms with Crippen molar-refractivity contribution in [1.82, 2.24) is 5.32 Å². The first-order valence-corrected chi connectivity index (χ1v) is 3.29. The Hall–Kier alpha value is -0.530. The molecule has 0 rings (SSSR count). The highest BCUT2D eigenvalue weighted by Gasteiger charge is 2.06. The smallest absolute Gasteiger partial charge is 0.222 e. The second-order valence-electron chi connectivity index (χ2n) is 2.02. The SMILES string of the molecule is C.[3H]C(C)C(C)C(=O)NCC. The summed E-state index contributed by atoms with van der Waals surface area (Å²) in [6.45, 7) is 6.01. The van der Waals surface area contributed by atoms with Crippen LogP contribution in [0.15, 0.2) is 0 Å². The van der Waals surface area contributed by atoms with Gasteiger partial charge in [0.2, 0.25) is 5.91 Å². The second-order valence-corrected chi connectivity index (χ2v) is 2.02. The largest absolute Gasteiger partial charge is 0.356 e. The van der Waals surface area contributed by atoms with Crippen molar-refractivity contribution in [3.8, 4) is 0 Å². The van der Waals surface area contributed by atoms with E-state index in [1.54, 1.807) is 13.8 Å². The second kappa shape index (κ2) is 6.59. The predicted molar refractivity (Wildman–Crippen MR) is 44.9 cm³/mol. The van der Waals surface area contributed by atoms with Gasteiger partial charge in [0.15, 0.2) is 0 Å². The summed E-state index contributed by atoms with van der Waals surface area (Å²) in [6.07, 6.45) is -0.313. The number of hydrogen-bond acceptors (Lipinski definition) is 1. The first-order valence-electron chi connectivity index (χ1n) is 3.87. The average molecular weight is 147 g/mol. The monoisotopic (exact) mass is 147 g/mol. The molecule has 0 saturated carbocycles. The summed E-state index contributed by atoms with van der Waals surface area (Å²) in [5.41, 5.74) is 0. The first kappa shape index (κ1) is 9.47. The van der Waals surface area contributed by atoms with Crippen LogP contribution in [0, 0.1) is 5.92 Å². The topological polar surface area (TPSA) is 29.1 Å². The van der Waals surface area contributed by atoms with Crippen LogP contribution in [0.5, 0.6) is 0 Å². The van der Waals surface area contributed by atoms with Crippen LogP contribution in [0.25, 0.3) is 0 Å². The number of carbonyl (C=O) groups is 1. The summed E-state index contributed by atoms with van der Waals surface area (Å²) < 4.78 is 7.23. The van der Waals surface area contributed by atoms with Gasteiger partial charge in [-0.05, 0) is 13.3 Å². The Morgan fingerprint density at radius 3 is 2.50 bits per heavy atom. The zero-order valence-electron chi connectivity index (χ0n) is 7.27. The van der Waals surface area contributed by atoms with E-state index in [-0.39, 0.29) is 25.6 Å². The van der Waals surface area contributed by atoms with Crippen LogP contribution in [-0.4, -0.2) is 12.5 Å². The van der Waals surface area contributed by atoms with Crippen molar-refractivity contribution in [2.45, 2.75) is 34.6 Å². The fourth-order valence-electron chi connectivity index (χ4n) is 0.487. The Balaban J connectivity index is 0. The van der Waals surface area contributed by atoms with Crippen molar-refractivity contribution in [1.29, 1.82) is 0 Å². The van der Waals surface area contributed by atoms with Gasteiger partial charge in [-0.15, -0.1) is 0 Å². The van der Waals surface area contributed by atoms with Crippen molar-refractivity contribution in [2.75, 3.05) is 6.54 Å². The highest BCUT2D eigenvalue weighted by Crippen LogP contribution is 1.98. The molecule has 1 N–H and O–H groups in total. The van der Waals surface area contributed by atoms with E-state index >= 15 is 0 Å². The van der Waals surface area contributed by atoms with E-state index in [4.69, 9.17) is 1.37 Å². The molecule has 0 aliphatic rings. The number of nitrogens with one attached hydrogen (secondary N) is 1. The highest BCUT2D eigenvalue weighted by molar-refractivity contribution is 5.78. The van der Waals surface area contributed by atoms with Gasteiger partial charge in [-0.2, -0.15) is 0 Å². The molecule has 0 bridgehead atoms. The van der Waals surface area contributed by atoms with Gasteiger partial charge in [-0.3, -0.25) is 4.79 Å². The summed E-state index contributed by atoms with van der Waals surface area (Å²) in [7, 11) is 0. The summed E-state index contributed by atoms with van der Waals surface area (Å²) in [6, 6.07) is 0. The molecule has 62 valence electrons. The lowest BCUT2D eigenvalue weighted by Crippen LogP contribution is -2.28. The zero-order valence-corrected chi connectivity index (χ0v) is 6.27. The molecule has 0 aliphatic carbocycles. The van der Waals surface area contributed by atoms with E-state index in [1.807, 2.05) is 6.92 Å². The van der Waals surface area contributed by atoms with Gasteiger partial charge in [0.25, 0.3) is 0 Å². The molecule has 2 atom stereocenters. The lowest BCUT2D eigenvalue weighted by atomic mass is 10.1. The van der Waals surface area contributed by atoms with E-state index in [1.165, 1.54) is 0 Å². The van der Waals surface area contributed by atoms with Crippen molar-refractivity contribution < 1.29 is 6.17 Å². The molecule has 0 aromatic heterocycles. The van der Waals surface area contributed by atoms with Crippen molar-refractivity contribution in [3.63, 3.8) is 0 Å². The summed E-state index contributed by atoms with van der Waals surface area (Å²) in [5, 5.41) is 2.67. The van der Waals surface area contributed by atoms with Gasteiger partial charge in [-0.25, -0.2) is 0 Å². The fourth-order valence-corrected chi connectivity index (χ4v) is 0.487. The molecule has 2 nitrogen and oxygen atoms in total. The molecule has 0 heterocycles. The van der Waals surface area contributed by atoms with E-state index in [0.29, 0.717) is 6.54 Å². The van der Waals surface area contributed by atoms with E-state index < -0.39 is 0 Å². The van der Waals surface area contributed by atoms with Crippen molar-refractivity contribution in [3.05, 3.63) is 0 Å². The van der Waals surface area contributed by atoms with Crippen molar-refractivity contribution in [2.24, 2.45) is 5.92 Å². The Morgan fingerprint density at radius 2 is 2.20 bits per heavy atom. The van der Waals surface area contributed by atoms with Gasteiger partial charge in [0.1, 0.15) is 0 Å². The van der Waals surface area contributed by atoms with Crippen LogP contribution in [-0.2, 0) is 4.79 Å². The maximum Gasteiger partial charge on any atom is 0.222 e. The minimum absolute atomic E-state index is 0. The standard InChI is InChI=1S/C7H15NO.CH4/c1-4-6(3)7(9)8-5-2;/h6H,4-5H2,1-3H3,(H,8,9);1H4/i4T;. The molecule has 0 radical (unpaired) electrons. The molecule has 0 aromatic rings. The number of amides is 1. The van der Waals surface area contributed by atoms with E-state index in [9.17, 15) is 4.79 Å². The summed E-state index contributed by atoms with van der Waals surface area (Å²) >= 11 is 0. The van der Waals surface area contributed by atoms with Gasteiger partial charge in [0, 0.05) is 13.8 Å². The Morgan fingerprint density at radius 1 is 1.70 bits per heavy atom. The Kier molecular flexibility index (Phi) is 6.24. The predicted octanol–water partition coefficient (Wildman–Crippen LogP) is 1.80. The summed E-state index contributed by atoms with van der Waals surface area (Å²) in [4.78, 5) is 11.0. The molecule has 1 amide bonds. The molecule has 0 fully saturated rings. The molecule has 0 aliphatic heterocycles. The highest BCUT2D eigenvalue weighted by atomic mass is 16.1. The third-order valence-electron chi connectivity index (χ3n) is 1.26. The summed E-state index contributed by atoms with van der Waals surface area (Å²) in [5.74, 6) is -0.218. The molecule has 2 heteroatoms. The lowest BCUT2D eigenvalue weighted by Gasteiger charge is -2.06. The quantitative estimate of drug-likeness (QED) is 0.648. The number of hydrogen-bond donors (Lipinski definition) is 1. The molecule has 0 spiro atoms. The van der Waals surface area contributed by atoms with E-state index in [0.717, 1.165) is 0 Å². The normalized spacial score (nSPS) is 16.1. The zero-order chi connectivity index (χ0) is 8.15. The van der Waals surface area contributed by atoms with Gasteiger partial charge >= 0.3 is 0 Å². The molecule has 10 heavy (non-hydrogen) atoms. The van der Waals surface area contributed by atoms with Crippen LogP contribution < -0.4 is 5.32 Å². The maximum atomic E-state index is 11.0. The third kappa shape index (κ3) is 4.36. The van der Waals surface area contributed by atoms with E-state index in [2.05, 4.69) is 5.32 Å². The maximum absolute atomic E-state index is 11.0. The molecule has 2 unspecified atom stereocenters. The van der Waals surface area contributed by atoms with Crippen LogP contribution in [0.1, 0.15) is 36.0 Å². The minimum atomic E-state index is -0.313. The van der Waals surface area contributed by atoms with Crippen LogP contribution in [0.3, 0.4) is 0 Å². The van der Waals surface area contributed by atoms with Gasteiger partial charge in [-0.1, -0.05) is 21.3 Å². The Labute approximate surface area is 65.4 Å². The van der Waals surface area contributed by atoms with Crippen LogP contribution >= 0.6 is 0 Å². The van der Waals surface area contributed by atoms with Crippen LogP contribution in [0.4, 0.5) is 0 Å². The lowest BCUT2D eigenvalue weighted by molar-refractivity contribution is -0.124. The number of carbonyl (C=O) groups excluding carboxylic acids is 1. The fraction of sp³-hybridized carbons (Fsp3) is 0.875. The molecular formula is C8H19NO. The minimum Gasteiger partial charge on any atom is -0.356 e. The molecule has 0 aromatic carbocycles. The van der Waals surface area contributed by atoms with Gasteiger partial charge in [0.05, 0.1) is 0 Å². The number of rotatable bonds is 3. The molecule has 0 saturated heterocycles. The van der Waals surface area contributed by atoms with Gasteiger partial charge < -0.3 is 5.32 Å². The Bertz CT molecular complexity index is 115. The average Bonchev–Trinajstić information content (AvgIpc) is 1.87.